The minimum absolute atomic E-state index is 0.674. The molecule has 5 heteroatoms. The van der Waals surface area contributed by atoms with Crippen LogP contribution in [0.1, 0.15) is 5.56 Å². The average Bonchev–Trinajstić information content (AvgIpc) is 2.75. The molecule has 2 rings (SSSR count). The van der Waals surface area contributed by atoms with Gasteiger partial charge in [-0.1, -0.05) is 33.8 Å². The molecule has 2 N–H and O–H groups in total. The van der Waals surface area contributed by atoms with Crippen molar-refractivity contribution in [3.05, 3.63) is 39.8 Å². The summed E-state index contributed by atoms with van der Waals surface area (Å²) in [6, 6.07) is 6.29. The van der Waals surface area contributed by atoms with Gasteiger partial charge in [0, 0.05) is 20.9 Å². The number of nitrogens with zero attached hydrogens (tertiary/aromatic N) is 1. The molecule has 0 unspecified atom stereocenters. The number of thiazole rings is 1. The maximum absolute atomic E-state index is 5.61. The van der Waals surface area contributed by atoms with Crippen LogP contribution in [0.15, 0.2) is 43.5 Å². The first-order chi connectivity index (χ1) is 7.79. The first-order valence-corrected chi connectivity index (χ1v) is 7.34. The highest BCUT2D eigenvalue weighted by molar-refractivity contribution is 9.10. The zero-order valence-electron chi connectivity index (χ0n) is 8.52. The molecule has 1 aromatic heterocycles. The van der Waals surface area contributed by atoms with E-state index in [2.05, 4.69) is 39.1 Å². The van der Waals surface area contributed by atoms with Crippen LogP contribution in [0, 0.1) is 0 Å². The van der Waals surface area contributed by atoms with Crippen molar-refractivity contribution in [3.8, 4) is 0 Å². The number of hydrogen-bond acceptors (Lipinski definition) is 4. The van der Waals surface area contributed by atoms with Crippen molar-refractivity contribution in [3.63, 3.8) is 0 Å². The highest BCUT2D eigenvalue weighted by Crippen LogP contribution is 2.33. The maximum atomic E-state index is 5.61. The molecular weight excluding hydrogens is 304 g/mol. The molecule has 1 aromatic carbocycles. The van der Waals surface area contributed by atoms with Gasteiger partial charge in [-0.3, -0.25) is 0 Å². The molecule has 84 valence electrons. The summed E-state index contributed by atoms with van der Waals surface area (Å²) in [6.45, 7) is 0.674. The molecule has 0 atom stereocenters. The van der Waals surface area contributed by atoms with Crippen molar-refractivity contribution in [2.45, 2.75) is 15.7 Å². The number of benzene rings is 1. The Balaban J connectivity index is 2.26. The third kappa shape index (κ3) is 3.07. The van der Waals surface area contributed by atoms with Gasteiger partial charge in [0.05, 0.1) is 0 Å². The number of halogens is 1. The monoisotopic (exact) mass is 314 g/mol. The fourth-order valence-electron chi connectivity index (χ4n) is 1.34. The Labute approximate surface area is 111 Å². The lowest BCUT2D eigenvalue weighted by atomic mass is 10.1. The van der Waals surface area contributed by atoms with Crippen LogP contribution in [0.3, 0.4) is 0 Å². The van der Waals surface area contributed by atoms with Crippen LogP contribution >= 0.6 is 39.0 Å². The standard InChI is InChI=1S/C11H11BrN2S2/c12-9-2-1-8(3-4-13)10(7-9)16-11-14-5-6-15-11/h1-2,5-7H,3-4,13H2. The minimum Gasteiger partial charge on any atom is -0.330 e. The van der Waals surface area contributed by atoms with Crippen molar-refractivity contribution >= 4 is 39.0 Å². The van der Waals surface area contributed by atoms with Gasteiger partial charge in [-0.05, 0) is 30.7 Å². The number of rotatable bonds is 4. The van der Waals surface area contributed by atoms with Crippen molar-refractivity contribution < 1.29 is 0 Å². The summed E-state index contributed by atoms with van der Waals surface area (Å²) >= 11 is 6.84. The minimum atomic E-state index is 0.674. The Hall–Kier alpha value is -0.360. The highest BCUT2D eigenvalue weighted by Gasteiger charge is 2.06. The van der Waals surface area contributed by atoms with Crippen LogP contribution in [0.25, 0.3) is 0 Å². The van der Waals surface area contributed by atoms with Crippen LogP contribution in [-0.4, -0.2) is 11.5 Å². The van der Waals surface area contributed by atoms with Crippen LogP contribution in [-0.2, 0) is 6.42 Å². The Morgan fingerprint density at radius 1 is 1.44 bits per heavy atom. The smallest absolute Gasteiger partial charge is 0.154 e. The van der Waals surface area contributed by atoms with Crippen LogP contribution in [0.4, 0.5) is 0 Å². The number of aromatic nitrogens is 1. The quantitative estimate of drug-likeness (QED) is 0.937. The second-order valence-electron chi connectivity index (χ2n) is 3.19. The normalized spacial score (nSPS) is 10.6. The summed E-state index contributed by atoms with van der Waals surface area (Å²) < 4.78 is 2.16. The van der Waals surface area contributed by atoms with Crippen LogP contribution in [0.2, 0.25) is 0 Å². The first kappa shape index (κ1) is 12.1. The molecule has 0 radical (unpaired) electrons. The molecule has 0 bridgehead atoms. The summed E-state index contributed by atoms with van der Waals surface area (Å²) in [7, 11) is 0. The van der Waals surface area contributed by atoms with Gasteiger partial charge in [0.25, 0.3) is 0 Å². The van der Waals surface area contributed by atoms with E-state index in [9.17, 15) is 0 Å². The molecule has 0 saturated carbocycles. The lowest BCUT2D eigenvalue weighted by Gasteiger charge is -2.07. The molecular formula is C11H11BrN2S2. The van der Waals surface area contributed by atoms with Gasteiger partial charge in [0.2, 0.25) is 0 Å². The molecule has 0 aliphatic carbocycles. The van der Waals surface area contributed by atoms with E-state index >= 15 is 0 Å². The Morgan fingerprint density at radius 2 is 2.31 bits per heavy atom. The van der Waals surface area contributed by atoms with Crippen molar-refractivity contribution in [1.29, 1.82) is 0 Å². The fourth-order valence-corrected chi connectivity index (χ4v) is 3.63. The van der Waals surface area contributed by atoms with Gasteiger partial charge >= 0.3 is 0 Å². The lowest BCUT2D eigenvalue weighted by Crippen LogP contribution is -2.03. The van der Waals surface area contributed by atoms with E-state index in [1.54, 1.807) is 23.1 Å². The Bertz CT molecular complexity index is 457. The van der Waals surface area contributed by atoms with Gasteiger partial charge in [-0.25, -0.2) is 4.98 Å². The zero-order chi connectivity index (χ0) is 11.4. The van der Waals surface area contributed by atoms with Crippen molar-refractivity contribution in [2.75, 3.05) is 6.54 Å². The summed E-state index contributed by atoms with van der Waals surface area (Å²) in [5, 5.41) is 1.99. The predicted molar refractivity (Wildman–Crippen MR) is 73.1 cm³/mol. The van der Waals surface area contributed by atoms with Crippen molar-refractivity contribution in [2.24, 2.45) is 5.73 Å². The van der Waals surface area contributed by atoms with E-state index in [1.165, 1.54) is 10.5 Å². The van der Waals surface area contributed by atoms with E-state index in [1.807, 2.05) is 11.6 Å². The van der Waals surface area contributed by atoms with Gasteiger partial charge in [-0.15, -0.1) is 11.3 Å². The van der Waals surface area contributed by atoms with Gasteiger partial charge < -0.3 is 5.73 Å². The summed E-state index contributed by atoms with van der Waals surface area (Å²) in [5.74, 6) is 0. The maximum Gasteiger partial charge on any atom is 0.154 e. The topological polar surface area (TPSA) is 38.9 Å². The van der Waals surface area contributed by atoms with Crippen molar-refractivity contribution in [1.82, 2.24) is 4.98 Å². The van der Waals surface area contributed by atoms with Gasteiger partial charge in [-0.2, -0.15) is 0 Å². The largest absolute Gasteiger partial charge is 0.330 e. The highest BCUT2D eigenvalue weighted by atomic mass is 79.9. The van der Waals surface area contributed by atoms with Gasteiger partial charge in [0.15, 0.2) is 4.34 Å². The van der Waals surface area contributed by atoms with Crippen LogP contribution in [0.5, 0.6) is 0 Å². The predicted octanol–water partition coefficient (Wildman–Crippen LogP) is 3.56. The second-order valence-corrected chi connectivity index (χ2v) is 6.29. The van der Waals surface area contributed by atoms with E-state index in [-0.39, 0.29) is 0 Å². The molecule has 2 aromatic rings. The SMILES string of the molecule is NCCc1ccc(Br)cc1Sc1nccs1. The van der Waals surface area contributed by atoms with Gasteiger partial charge in [0.1, 0.15) is 0 Å². The van der Waals surface area contributed by atoms with Crippen LogP contribution < -0.4 is 5.73 Å². The zero-order valence-corrected chi connectivity index (χ0v) is 11.7. The molecule has 0 saturated heterocycles. The third-order valence-corrected chi connectivity index (χ3v) is 4.53. The summed E-state index contributed by atoms with van der Waals surface area (Å²) in [5.41, 5.74) is 6.89. The molecule has 16 heavy (non-hydrogen) atoms. The Kier molecular flexibility index (Phi) is 4.40. The third-order valence-electron chi connectivity index (χ3n) is 2.05. The molecule has 1 heterocycles. The molecule has 0 fully saturated rings. The summed E-state index contributed by atoms with van der Waals surface area (Å²) in [6.07, 6.45) is 2.73. The molecule has 0 aliphatic heterocycles. The fraction of sp³-hybridized carbons (Fsp3) is 0.182. The van der Waals surface area contributed by atoms with E-state index in [0.29, 0.717) is 6.54 Å². The van der Waals surface area contributed by atoms with E-state index in [4.69, 9.17) is 5.73 Å². The molecule has 0 spiro atoms. The molecule has 0 aliphatic rings. The molecule has 2 nitrogen and oxygen atoms in total. The van der Waals surface area contributed by atoms with E-state index in [0.717, 1.165) is 15.2 Å². The Morgan fingerprint density at radius 3 is 3.00 bits per heavy atom. The lowest BCUT2D eigenvalue weighted by molar-refractivity contribution is 0.943. The first-order valence-electron chi connectivity index (χ1n) is 4.85. The number of hydrogen-bond donors (Lipinski definition) is 1. The summed E-state index contributed by atoms with van der Waals surface area (Å²) in [4.78, 5) is 5.51. The molecule has 0 amide bonds. The number of nitrogens with two attached hydrogens (primary N) is 1. The second kappa shape index (κ2) is 5.82. The van der Waals surface area contributed by atoms with E-state index < -0.39 is 0 Å². The average molecular weight is 315 g/mol.